The van der Waals surface area contributed by atoms with Crippen molar-refractivity contribution in [2.75, 3.05) is 50.4 Å². The van der Waals surface area contributed by atoms with Crippen molar-refractivity contribution in [1.82, 2.24) is 29.5 Å². The number of halogens is 3. The molecule has 2 aromatic heterocycles. The average molecular weight is 495 g/mol. The first-order valence-corrected chi connectivity index (χ1v) is 12.2. The highest BCUT2D eigenvalue weighted by atomic mass is 19.4. The van der Waals surface area contributed by atoms with Crippen molar-refractivity contribution in [3.05, 3.63) is 23.7 Å². The quantitative estimate of drug-likeness (QED) is 0.539. The van der Waals surface area contributed by atoms with Crippen LogP contribution in [0.2, 0.25) is 0 Å². The summed E-state index contributed by atoms with van der Waals surface area (Å²) in [7, 11) is 2.06. The molecule has 9 nitrogen and oxygen atoms in total. The highest BCUT2D eigenvalue weighted by Gasteiger charge is 2.35. The van der Waals surface area contributed by atoms with E-state index in [0.29, 0.717) is 31.6 Å². The number of nitrogens with one attached hydrogen (secondary N) is 2. The molecular weight excluding hydrogens is 461 g/mol. The standard InChI is InChI=1S/C23H33F3N8O/c1-16-19(15-34(31-16)17-8-12-32(2)14-17)29-22-28-13-18(23(24,25)26)21(30-22)27-9-6-11-33-10-5-3-4-7-20(33)35/h13,15,17H,3-12,14H2,1-2H3,(H2,27,28,29,30). The molecule has 0 radical (unpaired) electrons. The molecule has 2 aromatic rings. The molecule has 35 heavy (non-hydrogen) atoms. The summed E-state index contributed by atoms with van der Waals surface area (Å²) in [6.45, 7) is 5.21. The molecule has 1 unspecified atom stereocenters. The highest BCUT2D eigenvalue weighted by molar-refractivity contribution is 5.76. The van der Waals surface area contributed by atoms with Crippen LogP contribution in [0.5, 0.6) is 0 Å². The number of likely N-dealkylation sites (tertiary alicyclic amines) is 2. The lowest BCUT2D eigenvalue weighted by molar-refractivity contribution is -0.137. The smallest absolute Gasteiger partial charge is 0.369 e. The van der Waals surface area contributed by atoms with Gasteiger partial charge in [0.25, 0.3) is 0 Å². The van der Waals surface area contributed by atoms with Gasteiger partial charge in [0, 0.05) is 45.0 Å². The maximum absolute atomic E-state index is 13.6. The second kappa shape index (κ2) is 10.8. The number of rotatable bonds is 8. The maximum Gasteiger partial charge on any atom is 0.421 e. The molecule has 1 amide bonds. The largest absolute Gasteiger partial charge is 0.421 e. The molecule has 2 aliphatic rings. The van der Waals surface area contributed by atoms with E-state index in [1.807, 2.05) is 17.8 Å². The van der Waals surface area contributed by atoms with Gasteiger partial charge in [-0.2, -0.15) is 23.3 Å². The second-order valence-electron chi connectivity index (χ2n) is 9.36. The number of carbonyl (C=O) groups is 1. The van der Waals surface area contributed by atoms with Crippen molar-refractivity contribution < 1.29 is 18.0 Å². The first-order valence-electron chi connectivity index (χ1n) is 12.2. The number of nitrogens with zero attached hydrogens (tertiary/aromatic N) is 6. The minimum Gasteiger partial charge on any atom is -0.369 e. The van der Waals surface area contributed by atoms with Crippen LogP contribution in [0.15, 0.2) is 12.4 Å². The Balaban J connectivity index is 1.42. The Morgan fingerprint density at radius 2 is 2.03 bits per heavy atom. The van der Waals surface area contributed by atoms with Gasteiger partial charge in [-0.05, 0) is 46.2 Å². The number of alkyl halides is 3. The fourth-order valence-corrected chi connectivity index (χ4v) is 4.58. The number of amides is 1. The second-order valence-corrected chi connectivity index (χ2v) is 9.36. The molecule has 0 spiro atoms. The molecule has 4 rings (SSSR count). The predicted octanol–water partition coefficient (Wildman–Crippen LogP) is 3.83. The van der Waals surface area contributed by atoms with E-state index in [9.17, 15) is 18.0 Å². The lowest BCUT2D eigenvalue weighted by Gasteiger charge is -2.21. The van der Waals surface area contributed by atoms with Crippen LogP contribution in [-0.2, 0) is 11.0 Å². The molecular formula is C23H33F3N8O. The Hall–Kier alpha value is -2.89. The molecule has 0 bridgehead atoms. The molecule has 12 heteroatoms. The lowest BCUT2D eigenvalue weighted by atomic mass is 10.2. The van der Waals surface area contributed by atoms with E-state index in [1.54, 1.807) is 4.90 Å². The monoisotopic (exact) mass is 494 g/mol. The molecule has 2 aliphatic heterocycles. The number of hydrogen-bond acceptors (Lipinski definition) is 7. The van der Waals surface area contributed by atoms with Crippen LogP contribution >= 0.6 is 0 Å². The van der Waals surface area contributed by atoms with E-state index in [0.717, 1.165) is 50.7 Å². The normalized spacial score (nSPS) is 19.7. The van der Waals surface area contributed by atoms with Crippen LogP contribution in [0.4, 0.5) is 30.6 Å². The van der Waals surface area contributed by atoms with Crippen molar-refractivity contribution >= 4 is 23.4 Å². The third-order valence-electron chi connectivity index (χ3n) is 6.57. The van der Waals surface area contributed by atoms with Gasteiger partial charge in [0.1, 0.15) is 11.4 Å². The number of hydrogen-bond donors (Lipinski definition) is 2. The SMILES string of the molecule is Cc1nn(C2CCN(C)C2)cc1Nc1ncc(C(F)(F)F)c(NCCCN2CCCCCC2=O)n1. The maximum atomic E-state index is 13.6. The molecule has 4 heterocycles. The van der Waals surface area contributed by atoms with Crippen molar-refractivity contribution in [1.29, 1.82) is 0 Å². The first kappa shape index (κ1) is 25.2. The van der Waals surface area contributed by atoms with E-state index in [1.165, 1.54) is 0 Å². The minimum absolute atomic E-state index is 0.0642. The van der Waals surface area contributed by atoms with Crippen LogP contribution in [0, 0.1) is 6.92 Å². The van der Waals surface area contributed by atoms with Gasteiger partial charge in [-0.25, -0.2) is 4.98 Å². The zero-order valence-corrected chi connectivity index (χ0v) is 20.2. The zero-order valence-electron chi connectivity index (χ0n) is 20.2. The van der Waals surface area contributed by atoms with E-state index in [-0.39, 0.29) is 30.3 Å². The molecule has 1 atom stereocenters. The van der Waals surface area contributed by atoms with Crippen molar-refractivity contribution in [3.8, 4) is 0 Å². The summed E-state index contributed by atoms with van der Waals surface area (Å²) < 4.78 is 42.6. The van der Waals surface area contributed by atoms with Gasteiger partial charge in [-0.15, -0.1) is 0 Å². The van der Waals surface area contributed by atoms with Crippen LogP contribution in [0.3, 0.4) is 0 Å². The summed E-state index contributed by atoms with van der Waals surface area (Å²) in [5, 5.41) is 10.4. The van der Waals surface area contributed by atoms with Crippen molar-refractivity contribution in [3.63, 3.8) is 0 Å². The molecule has 0 aromatic carbocycles. The molecule has 2 fully saturated rings. The number of aryl methyl sites for hydroxylation is 1. The molecule has 192 valence electrons. The van der Waals surface area contributed by atoms with E-state index >= 15 is 0 Å². The van der Waals surface area contributed by atoms with E-state index in [4.69, 9.17) is 0 Å². The molecule has 0 aliphatic carbocycles. The zero-order chi connectivity index (χ0) is 25.0. The summed E-state index contributed by atoms with van der Waals surface area (Å²) in [5.41, 5.74) is 0.458. The minimum atomic E-state index is -4.59. The number of anilines is 3. The average Bonchev–Trinajstić information content (AvgIpc) is 3.32. The Morgan fingerprint density at radius 1 is 1.20 bits per heavy atom. The fourth-order valence-electron chi connectivity index (χ4n) is 4.58. The van der Waals surface area contributed by atoms with Crippen LogP contribution in [0.1, 0.15) is 55.8 Å². The third kappa shape index (κ3) is 6.41. The van der Waals surface area contributed by atoms with Gasteiger partial charge < -0.3 is 20.4 Å². The Labute approximate surface area is 203 Å². The van der Waals surface area contributed by atoms with Gasteiger partial charge in [0.15, 0.2) is 0 Å². The van der Waals surface area contributed by atoms with E-state index < -0.39 is 11.7 Å². The summed E-state index contributed by atoms with van der Waals surface area (Å²) >= 11 is 0. The third-order valence-corrected chi connectivity index (χ3v) is 6.57. The van der Waals surface area contributed by atoms with Crippen LogP contribution in [-0.4, -0.2) is 75.2 Å². The molecule has 2 saturated heterocycles. The lowest BCUT2D eigenvalue weighted by Crippen LogP contribution is -2.32. The molecule has 2 N–H and O–H groups in total. The predicted molar refractivity (Wildman–Crippen MR) is 127 cm³/mol. The first-order chi connectivity index (χ1) is 16.7. The highest BCUT2D eigenvalue weighted by Crippen LogP contribution is 2.34. The van der Waals surface area contributed by atoms with Gasteiger partial charge >= 0.3 is 6.18 Å². The Bertz CT molecular complexity index is 1020. The Kier molecular flexibility index (Phi) is 7.78. The number of carbonyl (C=O) groups excluding carboxylic acids is 1. The van der Waals surface area contributed by atoms with E-state index in [2.05, 4.69) is 37.6 Å². The number of aromatic nitrogens is 4. The van der Waals surface area contributed by atoms with Crippen molar-refractivity contribution in [2.45, 2.75) is 57.7 Å². The van der Waals surface area contributed by atoms with Gasteiger partial charge in [0.05, 0.1) is 17.4 Å². The van der Waals surface area contributed by atoms with Gasteiger partial charge in [-0.1, -0.05) is 6.42 Å². The molecule has 0 saturated carbocycles. The van der Waals surface area contributed by atoms with Gasteiger partial charge in [0.2, 0.25) is 11.9 Å². The summed E-state index contributed by atoms with van der Waals surface area (Å²) in [4.78, 5) is 24.2. The van der Waals surface area contributed by atoms with Gasteiger partial charge in [-0.3, -0.25) is 9.48 Å². The van der Waals surface area contributed by atoms with Crippen LogP contribution in [0.25, 0.3) is 0 Å². The summed E-state index contributed by atoms with van der Waals surface area (Å²) in [6, 6.07) is 0.260. The Morgan fingerprint density at radius 3 is 2.77 bits per heavy atom. The summed E-state index contributed by atoms with van der Waals surface area (Å²) in [6.07, 6.45) is 3.01. The number of likely N-dealkylation sites (N-methyl/N-ethyl adjacent to an activating group) is 1. The van der Waals surface area contributed by atoms with Crippen molar-refractivity contribution in [2.24, 2.45) is 0 Å². The van der Waals surface area contributed by atoms with Crippen LogP contribution < -0.4 is 10.6 Å². The summed E-state index contributed by atoms with van der Waals surface area (Å²) in [5.74, 6) is -0.0961. The fraction of sp³-hybridized carbons (Fsp3) is 0.652. The topological polar surface area (TPSA) is 91.2 Å².